The van der Waals surface area contributed by atoms with Gasteiger partial charge in [-0.3, -0.25) is 9.97 Å². The third-order valence-electron chi connectivity index (χ3n) is 3.33. The summed E-state index contributed by atoms with van der Waals surface area (Å²) in [6.07, 6.45) is 2.90. The molecule has 21 heavy (non-hydrogen) atoms. The summed E-state index contributed by atoms with van der Waals surface area (Å²) < 4.78 is 0. The average Bonchev–Trinajstić information content (AvgIpc) is 2.51. The predicted octanol–water partition coefficient (Wildman–Crippen LogP) is 4.21. The Kier molecular flexibility index (Phi) is 4.06. The minimum atomic E-state index is -0.721. The Morgan fingerprint density at radius 2 is 1.76 bits per heavy atom. The molecule has 0 saturated carbocycles. The summed E-state index contributed by atoms with van der Waals surface area (Å²) in [5, 5.41) is 11.5. The fourth-order valence-corrected chi connectivity index (χ4v) is 2.71. The van der Waals surface area contributed by atoms with E-state index >= 15 is 0 Å². The summed E-state index contributed by atoms with van der Waals surface area (Å²) in [6.45, 7) is 0. The van der Waals surface area contributed by atoms with Gasteiger partial charge in [0.2, 0.25) is 0 Å². The molecule has 1 unspecified atom stereocenters. The molecular weight excluding hydrogens is 307 g/mol. The van der Waals surface area contributed by atoms with Gasteiger partial charge >= 0.3 is 0 Å². The lowest BCUT2D eigenvalue weighted by molar-refractivity contribution is 0.180. The molecular formula is C16H12Cl2N2O. The van der Waals surface area contributed by atoms with Crippen LogP contribution in [0.25, 0.3) is 11.0 Å². The molecule has 0 fully saturated rings. The number of rotatable bonds is 3. The molecule has 1 atom stereocenters. The van der Waals surface area contributed by atoms with Gasteiger partial charge in [-0.2, -0.15) is 0 Å². The molecule has 0 spiro atoms. The van der Waals surface area contributed by atoms with E-state index in [-0.39, 0.29) is 0 Å². The van der Waals surface area contributed by atoms with Gasteiger partial charge in [0.1, 0.15) is 0 Å². The number of aliphatic hydroxyl groups excluding tert-OH is 1. The number of aliphatic hydroxyl groups is 1. The lowest BCUT2D eigenvalue weighted by Crippen LogP contribution is -2.04. The summed E-state index contributed by atoms with van der Waals surface area (Å²) in [4.78, 5) is 8.54. The molecule has 1 aromatic heterocycles. The third kappa shape index (κ3) is 2.86. The summed E-state index contributed by atoms with van der Waals surface area (Å²) in [6, 6.07) is 11.0. The lowest BCUT2D eigenvalue weighted by Gasteiger charge is -2.14. The van der Waals surface area contributed by atoms with Crippen molar-refractivity contribution in [3.8, 4) is 0 Å². The Morgan fingerprint density at radius 3 is 2.62 bits per heavy atom. The average molecular weight is 319 g/mol. The zero-order valence-electron chi connectivity index (χ0n) is 11.0. The van der Waals surface area contributed by atoms with Crippen LogP contribution in [-0.2, 0) is 6.42 Å². The maximum Gasteiger partial charge on any atom is 0.0944 e. The van der Waals surface area contributed by atoms with E-state index in [0.29, 0.717) is 22.0 Å². The Labute approximate surface area is 132 Å². The topological polar surface area (TPSA) is 46.0 Å². The third-order valence-corrected chi connectivity index (χ3v) is 4.19. The largest absolute Gasteiger partial charge is 0.388 e. The van der Waals surface area contributed by atoms with Gasteiger partial charge in [-0.25, -0.2) is 0 Å². The molecule has 3 aromatic rings. The molecule has 3 rings (SSSR count). The van der Waals surface area contributed by atoms with Crippen molar-refractivity contribution in [3.05, 3.63) is 70.0 Å². The molecule has 2 aromatic carbocycles. The minimum absolute atomic E-state index is 0.370. The summed E-state index contributed by atoms with van der Waals surface area (Å²) in [7, 11) is 0. The van der Waals surface area contributed by atoms with Gasteiger partial charge < -0.3 is 5.11 Å². The standard InChI is InChI=1S/C16H12Cl2N2O/c17-12-5-1-3-10(15(12)18)9-14(21)11-4-2-6-13-16(11)20-8-7-19-13/h1-8,14,21H,9H2. The van der Waals surface area contributed by atoms with E-state index in [0.717, 1.165) is 16.6 Å². The molecule has 0 saturated heterocycles. The second-order valence-corrected chi connectivity index (χ2v) is 5.49. The molecule has 0 bridgehead atoms. The zero-order valence-corrected chi connectivity index (χ0v) is 12.5. The van der Waals surface area contributed by atoms with E-state index in [1.807, 2.05) is 30.3 Å². The molecule has 0 aliphatic carbocycles. The fourth-order valence-electron chi connectivity index (χ4n) is 2.31. The molecule has 106 valence electrons. The van der Waals surface area contributed by atoms with Crippen LogP contribution in [0.3, 0.4) is 0 Å². The second kappa shape index (κ2) is 5.98. The quantitative estimate of drug-likeness (QED) is 0.786. The highest BCUT2D eigenvalue weighted by molar-refractivity contribution is 6.42. The molecule has 0 aliphatic rings. The normalized spacial score (nSPS) is 12.5. The predicted molar refractivity (Wildman–Crippen MR) is 84.7 cm³/mol. The van der Waals surface area contributed by atoms with Crippen molar-refractivity contribution >= 4 is 34.2 Å². The SMILES string of the molecule is OC(Cc1cccc(Cl)c1Cl)c1cccc2nccnc12. The number of halogens is 2. The molecule has 0 amide bonds. The lowest BCUT2D eigenvalue weighted by atomic mass is 10.00. The van der Waals surface area contributed by atoms with Crippen LogP contribution < -0.4 is 0 Å². The van der Waals surface area contributed by atoms with Gasteiger partial charge in [-0.15, -0.1) is 0 Å². The Morgan fingerprint density at radius 1 is 1.00 bits per heavy atom. The van der Waals surface area contributed by atoms with Crippen LogP contribution in [0.1, 0.15) is 17.2 Å². The van der Waals surface area contributed by atoms with Crippen LogP contribution >= 0.6 is 23.2 Å². The van der Waals surface area contributed by atoms with Crippen molar-refractivity contribution in [2.45, 2.75) is 12.5 Å². The van der Waals surface area contributed by atoms with Gasteiger partial charge in [0, 0.05) is 24.4 Å². The number of aromatic nitrogens is 2. The van der Waals surface area contributed by atoms with Crippen LogP contribution in [0.2, 0.25) is 10.0 Å². The van der Waals surface area contributed by atoms with Crippen LogP contribution in [-0.4, -0.2) is 15.1 Å². The number of benzene rings is 2. The van der Waals surface area contributed by atoms with Gasteiger partial charge in [0.25, 0.3) is 0 Å². The summed E-state index contributed by atoms with van der Waals surface area (Å²) >= 11 is 12.2. The molecule has 1 heterocycles. The van der Waals surface area contributed by atoms with E-state index in [4.69, 9.17) is 23.2 Å². The Hall–Kier alpha value is -1.68. The second-order valence-electron chi connectivity index (χ2n) is 4.70. The Bertz CT molecular complexity index is 787. The number of para-hydroxylation sites is 1. The molecule has 5 heteroatoms. The van der Waals surface area contributed by atoms with Gasteiger partial charge in [-0.1, -0.05) is 47.5 Å². The first-order valence-corrected chi connectivity index (χ1v) is 7.23. The number of hydrogen-bond acceptors (Lipinski definition) is 3. The molecule has 0 aliphatic heterocycles. The number of nitrogens with zero attached hydrogens (tertiary/aromatic N) is 2. The monoisotopic (exact) mass is 318 g/mol. The number of fused-ring (bicyclic) bond motifs is 1. The number of hydrogen-bond donors (Lipinski definition) is 1. The van der Waals surface area contributed by atoms with Crippen LogP contribution in [0.4, 0.5) is 0 Å². The first-order chi connectivity index (χ1) is 10.2. The van der Waals surface area contributed by atoms with Crippen molar-refractivity contribution in [1.29, 1.82) is 0 Å². The summed E-state index contributed by atoms with van der Waals surface area (Å²) in [5.74, 6) is 0. The molecule has 3 nitrogen and oxygen atoms in total. The Balaban J connectivity index is 1.97. The van der Waals surface area contributed by atoms with Gasteiger partial charge in [0.15, 0.2) is 0 Å². The first-order valence-electron chi connectivity index (χ1n) is 6.47. The fraction of sp³-hybridized carbons (Fsp3) is 0.125. The minimum Gasteiger partial charge on any atom is -0.388 e. The first kappa shape index (κ1) is 14.3. The van der Waals surface area contributed by atoms with E-state index < -0.39 is 6.10 Å². The zero-order chi connectivity index (χ0) is 14.8. The van der Waals surface area contributed by atoms with Crippen molar-refractivity contribution in [1.82, 2.24) is 9.97 Å². The van der Waals surface area contributed by atoms with Crippen molar-refractivity contribution in [2.24, 2.45) is 0 Å². The van der Waals surface area contributed by atoms with Crippen LogP contribution in [0, 0.1) is 0 Å². The van der Waals surface area contributed by atoms with Crippen LogP contribution in [0.15, 0.2) is 48.8 Å². The van der Waals surface area contributed by atoms with Crippen molar-refractivity contribution in [3.63, 3.8) is 0 Å². The van der Waals surface area contributed by atoms with Gasteiger partial charge in [-0.05, 0) is 17.7 Å². The van der Waals surface area contributed by atoms with Crippen LogP contribution in [0.5, 0.6) is 0 Å². The summed E-state index contributed by atoms with van der Waals surface area (Å²) in [5.41, 5.74) is 2.99. The van der Waals surface area contributed by atoms with Crippen molar-refractivity contribution in [2.75, 3.05) is 0 Å². The highest BCUT2D eigenvalue weighted by Crippen LogP contribution is 2.30. The highest BCUT2D eigenvalue weighted by Gasteiger charge is 2.15. The molecule has 0 radical (unpaired) electrons. The molecule has 1 N–H and O–H groups in total. The maximum absolute atomic E-state index is 10.5. The van der Waals surface area contributed by atoms with E-state index in [9.17, 15) is 5.11 Å². The van der Waals surface area contributed by atoms with E-state index in [2.05, 4.69) is 9.97 Å². The van der Waals surface area contributed by atoms with Crippen molar-refractivity contribution < 1.29 is 5.11 Å². The van der Waals surface area contributed by atoms with E-state index in [1.165, 1.54) is 0 Å². The van der Waals surface area contributed by atoms with E-state index in [1.54, 1.807) is 18.5 Å². The van der Waals surface area contributed by atoms with Gasteiger partial charge in [0.05, 0.1) is 27.2 Å². The highest BCUT2D eigenvalue weighted by atomic mass is 35.5. The smallest absolute Gasteiger partial charge is 0.0944 e. The maximum atomic E-state index is 10.5.